The molecule has 0 radical (unpaired) electrons. The molecule has 8 heteroatoms. The smallest absolute Gasteiger partial charge is 0.261 e. The summed E-state index contributed by atoms with van der Waals surface area (Å²) in [6.45, 7) is -0.211. The number of nitrogens with zero attached hydrogens (tertiary/aromatic N) is 1. The molecule has 0 saturated heterocycles. The average molecular weight is 543 g/mol. The Balaban J connectivity index is 1.61. The van der Waals surface area contributed by atoms with Gasteiger partial charge in [-0.05, 0) is 54.3 Å². The molecule has 3 aromatic rings. The van der Waals surface area contributed by atoms with E-state index in [1.54, 1.807) is 24.3 Å². The van der Waals surface area contributed by atoms with Crippen molar-refractivity contribution in [3.63, 3.8) is 0 Å². The van der Waals surface area contributed by atoms with Crippen LogP contribution >= 0.6 is 23.2 Å². The Hall–Kier alpha value is -3.09. The zero-order chi connectivity index (χ0) is 26.2. The maximum Gasteiger partial charge on any atom is 0.261 e. The second-order valence-electron chi connectivity index (χ2n) is 9.21. The van der Waals surface area contributed by atoms with Gasteiger partial charge in [0.05, 0.1) is 5.02 Å². The normalized spacial score (nSPS) is 14.2. The van der Waals surface area contributed by atoms with Crippen molar-refractivity contribution < 1.29 is 18.7 Å². The van der Waals surface area contributed by atoms with Crippen LogP contribution in [0.15, 0.2) is 72.8 Å². The first-order chi connectivity index (χ1) is 17.9. The summed E-state index contributed by atoms with van der Waals surface area (Å²) in [6, 6.07) is 19.5. The molecule has 194 valence electrons. The number of rotatable bonds is 10. The summed E-state index contributed by atoms with van der Waals surface area (Å²) < 4.78 is 19.3. The average Bonchev–Trinajstić information content (AvgIpc) is 3.40. The number of carbonyl (C=O) groups excluding carboxylic acids is 2. The molecule has 1 unspecified atom stereocenters. The molecule has 37 heavy (non-hydrogen) atoms. The molecule has 1 N–H and O–H groups in total. The number of amides is 2. The maximum atomic E-state index is 13.6. The summed E-state index contributed by atoms with van der Waals surface area (Å²) in [5, 5.41) is 3.88. The van der Waals surface area contributed by atoms with Crippen LogP contribution in [0.3, 0.4) is 0 Å². The minimum atomic E-state index is -0.787. The van der Waals surface area contributed by atoms with E-state index in [1.165, 1.54) is 23.1 Å². The number of benzene rings is 3. The van der Waals surface area contributed by atoms with E-state index in [2.05, 4.69) is 5.32 Å². The molecular weight excluding hydrogens is 514 g/mol. The van der Waals surface area contributed by atoms with Crippen LogP contribution < -0.4 is 10.1 Å². The lowest BCUT2D eigenvalue weighted by atomic mass is 10.0. The summed E-state index contributed by atoms with van der Waals surface area (Å²) >= 11 is 12.2. The van der Waals surface area contributed by atoms with Crippen molar-refractivity contribution in [2.24, 2.45) is 0 Å². The first-order valence-corrected chi connectivity index (χ1v) is 13.1. The molecule has 0 heterocycles. The van der Waals surface area contributed by atoms with Crippen LogP contribution in [0.5, 0.6) is 5.75 Å². The first-order valence-electron chi connectivity index (χ1n) is 12.3. The number of hydrogen-bond donors (Lipinski definition) is 1. The first kappa shape index (κ1) is 27.0. The molecule has 1 saturated carbocycles. The van der Waals surface area contributed by atoms with Crippen molar-refractivity contribution in [1.29, 1.82) is 0 Å². The van der Waals surface area contributed by atoms with Crippen molar-refractivity contribution >= 4 is 35.0 Å². The zero-order valence-electron chi connectivity index (χ0n) is 20.3. The van der Waals surface area contributed by atoms with Gasteiger partial charge in [-0.25, -0.2) is 4.39 Å². The predicted molar refractivity (Wildman–Crippen MR) is 143 cm³/mol. The van der Waals surface area contributed by atoms with Gasteiger partial charge >= 0.3 is 0 Å². The molecule has 0 spiro atoms. The second kappa shape index (κ2) is 12.9. The molecule has 1 aliphatic rings. The fraction of sp³-hybridized carbons (Fsp3) is 0.310. The van der Waals surface area contributed by atoms with E-state index in [4.69, 9.17) is 27.9 Å². The summed E-state index contributed by atoms with van der Waals surface area (Å²) in [6.07, 6.45) is 4.32. The summed E-state index contributed by atoms with van der Waals surface area (Å²) in [7, 11) is 0. The second-order valence-corrected chi connectivity index (χ2v) is 10.1. The third kappa shape index (κ3) is 7.70. The van der Waals surface area contributed by atoms with E-state index < -0.39 is 11.9 Å². The van der Waals surface area contributed by atoms with Crippen molar-refractivity contribution in [1.82, 2.24) is 10.2 Å². The molecule has 1 fully saturated rings. The summed E-state index contributed by atoms with van der Waals surface area (Å²) in [4.78, 5) is 28.7. The zero-order valence-corrected chi connectivity index (χ0v) is 21.9. The largest absolute Gasteiger partial charge is 0.482 e. The molecule has 4 rings (SSSR count). The van der Waals surface area contributed by atoms with Gasteiger partial charge in [0.25, 0.3) is 5.91 Å². The van der Waals surface area contributed by atoms with Crippen LogP contribution in [0.2, 0.25) is 10.0 Å². The Bertz CT molecular complexity index is 1200. The monoisotopic (exact) mass is 542 g/mol. The van der Waals surface area contributed by atoms with Crippen LogP contribution in [0.25, 0.3) is 0 Å². The highest BCUT2D eigenvalue weighted by molar-refractivity contribution is 6.35. The Morgan fingerprint density at radius 1 is 0.973 bits per heavy atom. The Morgan fingerprint density at radius 3 is 2.35 bits per heavy atom. The highest BCUT2D eigenvalue weighted by Crippen LogP contribution is 2.28. The quantitative estimate of drug-likeness (QED) is 0.331. The van der Waals surface area contributed by atoms with E-state index in [9.17, 15) is 14.0 Å². The molecular formula is C29H29Cl2FN2O3. The highest BCUT2D eigenvalue weighted by atomic mass is 35.5. The number of carbonyl (C=O) groups is 2. The highest BCUT2D eigenvalue weighted by Gasteiger charge is 2.32. The van der Waals surface area contributed by atoms with Crippen LogP contribution in [0.4, 0.5) is 4.39 Å². The maximum absolute atomic E-state index is 13.6. The van der Waals surface area contributed by atoms with Crippen molar-refractivity contribution in [3.8, 4) is 5.75 Å². The van der Waals surface area contributed by atoms with Gasteiger partial charge in [-0.15, -0.1) is 0 Å². The topological polar surface area (TPSA) is 58.6 Å². The predicted octanol–water partition coefficient (Wildman–Crippen LogP) is 6.21. The van der Waals surface area contributed by atoms with E-state index in [-0.39, 0.29) is 35.9 Å². The van der Waals surface area contributed by atoms with Gasteiger partial charge in [0, 0.05) is 24.0 Å². The molecule has 2 amide bonds. The van der Waals surface area contributed by atoms with E-state index in [1.807, 2.05) is 30.3 Å². The molecule has 0 aliphatic heterocycles. The van der Waals surface area contributed by atoms with Gasteiger partial charge in [0.15, 0.2) is 6.61 Å². The fourth-order valence-electron chi connectivity index (χ4n) is 4.52. The van der Waals surface area contributed by atoms with Gasteiger partial charge < -0.3 is 15.0 Å². The van der Waals surface area contributed by atoms with Crippen molar-refractivity contribution in [2.45, 2.75) is 50.7 Å². The lowest BCUT2D eigenvalue weighted by Gasteiger charge is -2.32. The molecule has 3 aromatic carbocycles. The number of halogens is 3. The number of nitrogens with one attached hydrogen (secondary N) is 1. The lowest BCUT2D eigenvalue weighted by Crippen LogP contribution is -2.53. The Labute approximate surface area is 226 Å². The standard InChI is InChI=1S/C29H29Cl2FN2O3/c30-22-12-15-27(25(31)17-22)37-19-28(35)34(18-21-10-13-23(32)14-11-21)26(16-20-6-2-1-3-7-20)29(36)33-24-8-4-5-9-24/h1-3,6-7,10-15,17,24,26H,4-5,8-9,16,18-19H2,(H,33,36). The van der Waals surface area contributed by atoms with Crippen molar-refractivity contribution in [2.75, 3.05) is 6.61 Å². The van der Waals surface area contributed by atoms with Gasteiger partial charge in [0.2, 0.25) is 5.91 Å². The molecule has 0 bridgehead atoms. The van der Waals surface area contributed by atoms with E-state index >= 15 is 0 Å². The van der Waals surface area contributed by atoms with Gasteiger partial charge in [0.1, 0.15) is 17.6 Å². The SMILES string of the molecule is O=C(NC1CCCC1)C(Cc1ccccc1)N(Cc1ccc(F)cc1)C(=O)COc1ccc(Cl)cc1Cl. The number of hydrogen-bond acceptors (Lipinski definition) is 3. The Kier molecular flexibility index (Phi) is 9.42. The van der Waals surface area contributed by atoms with Gasteiger partial charge in [-0.1, -0.05) is 78.5 Å². The molecule has 1 atom stereocenters. The van der Waals surface area contributed by atoms with Crippen LogP contribution in [0, 0.1) is 5.82 Å². The Morgan fingerprint density at radius 2 is 1.68 bits per heavy atom. The summed E-state index contributed by atoms with van der Waals surface area (Å²) in [5.41, 5.74) is 1.62. The van der Waals surface area contributed by atoms with Gasteiger partial charge in [-0.2, -0.15) is 0 Å². The third-order valence-electron chi connectivity index (χ3n) is 6.48. The van der Waals surface area contributed by atoms with E-state index in [0.29, 0.717) is 22.8 Å². The third-order valence-corrected chi connectivity index (χ3v) is 7.01. The molecule has 5 nitrogen and oxygen atoms in total. The lowest BCUT2D eigenvalue weighted by molar-refractivity contribution is -0.143. The number of ether oxygens (including phenoxy) is 1. The minimum Gasteiger partial charge on any atom is -0.482 e. The van der Waals surface area contributed by atoms with Gasteiger partial charge in [-0.3, -0.25) is 9.59 Å². The molecule has 0 aromatic heterocycles. The minimum absolute atomic E-state index is 0.0951. The van der Waals surface area contributed by atoms with Crippen molar-refractivity contribution in [3.05, 3.63) is 99.8 Å². The van der Waals surface area contributed by atoms with Crippen LogP contribution in [0.1, 0.15) is 36.8 Å². The van der Waals surface area contributed by atoms with Crippen LogP contribution in [-0.2, 0) is 22.6 Å². The summed E-state index contributed by atoms with van der Waals surface area (Å²) in [5.74, 6) is -0.660. The van der Waals surface area contributed by atoms with E-state index in [0.717, 1.165) is 31.2 Å². The van der Waals surface area contributed by atoms with Crippen LogP contribution in [-0.4, -0.2) is 35.4 Å². The molecule has 1 aliphatic carbocycles. The fourth-order valence-corrected chi connectivity index (χ4v) is 4.99.